The fraction of sp³-hybridized carbons (Fsp3) is 0.100. The first-order chi connectivity index (χ1) is 13.3. The number of aromatic nitrogens is 3. The molecule has 0 aliphatic carbocycles. The maximum Gasteiger partial charge on any atom is 0.214 e. The Balaban J connectivity index is 1.57. The summed E-state index contributed by atoms with van der Waals surface area (Å²) >= 11 is 5.36. The van der Waals surface area contributed by atoms with Gasteiger partial charge in [-0.2, -0.15) is 5.10 Å². The van der Waals surface area contributed by atoms with Crippen molar-refractivity contribution in [3.05, 3.63) is 77.3 Å². The van der Waals surface area contributed by atoms with Crippen LogP contribution in [0.5, 0.6) is 5.75 Å². The number of H-pyrrole nitrogens is 1. The van der Waals surface area contributed by atoms with Crippen molar-refractivity contribution >= 4 is 12.2 Å². The minimum Gasteiger partial charge on any atom is -0.496 e. The molecule has 0 radical (unpaired) electrons. The number of rotatable bonds is 6. The van der Waals surface area contributed by atoms with Gasteiger partial charge in [0.15, 0.2) is 5.82 Å². The van der Waals surface area contributed by atoms with Crippen LogP contribution in [0, 0.1) is 4.77 Å². The standard InChI is InChI=1S/C20H18N4O2S/c1-25-18-10-6-5-9-16(18)19-22-23-20(27)24(19)21-13-15-11-12-17(26-15)14-7-3-2-4-8-14/h2-12,21H,13H2,1H3,(H,23,27). The molecule has 0 aliphatic heterocycles. The quantitative estimate of drug-likeness (QED) is 0.479. The van der Waals surface area contributed by atoms with Gasteiger partial charge < -0.3 is 14.6 Å². The van der Waals surface area contributed by atoms with Crippen molar-refractivity contribution < 1.29 is 9.15 Å². The highest BCUT2D eigenvalue weighted by atomic mass is 32.1. The molecule has 0 fully saturated rings. The monoisotopic (exact) mass is 378 g/mol. The fourth-order valence-corrected chi connectivity index (χ4v) is 3.04. The SMILES string of the molecule is COc1ccccc1-c1n[nH]c(=S)n1NCc1ccc(-c2ccccc2)o1. The molecule has 0 unspecified atom stereocenters. The molecule has 6 nitrogen and oxygen atoms in total. The molecule has 2 N–H and O–H groups in total. The van der Waals surface area contributed by atoms with Gasteiger partial charge in [-0.3, -0.25) is 0 Å². The number of para-hydroxylation sites is 1. The van der Waals surface area contributed by atoms with E-state index in [0.29, 0.717) is 17.1 Å². The van der Waals surface area contributed by atoms with Gasteiger partial charge in [0, 0.05) is 5.56 Å². The third-order valence-corrected chi connectivity index (χ3v) is 4.43. The molecule has 0 spiro atoms. The molecule has 0 bridgehead atoms. The van der Waals surface area contributed by atoms with Crippen molar-refractivity contribution in [3.8, 4) is 28.5 Å². The molecule has 7 heteroatoms. The smallest absolute Gasteiger partial charge is 0.214 e. The molecule has 0 saturated carbocycles. The van der Waals surface area contributed by atoms with Crippen LogP contribution in [0.25, 0.3) is 22.7 Å². The second kappa shape index (κ2) is 7.51. The Morgan fingerprint density at radius 1 is 1.07 bits per heavy atom. The largest absolute Gasteiger partial charge is 0.496 e. The van der Waals surface area contributed by atoms with Crippen LogP contribution in [0.2, 0.25) is 0 Å². The summed E-state index contributed by atoms with van der Waals surface area (Å²) in [6.45, 7) is 0.461. The van der Waals surface area contributed by atoms with E-state index in [1.807, 2.05) is 66.7 Å². The lowest BCUT2D eigenvalue weighted by molar-refractivity contribution is 0.416. The number of nitrogens with zero attached hydrogens (tertiary/aromatic N) is 2. The lowest BCUT2D eigenvalue weighted by Crippen LogP contribution is -2.15. The summed E-state index contributed by atoms with van der Waals surface area (Å²) in [5, 5.41) is 7.15. The van der Waals surface area contributed by atoms with Crippen molar-refractivity contribution in [1.29, 1.82) is 0 Å². The number of ether oxygens (including phenoxy) is 1. The van der Waals surface area contributed by atoms with Crippen LogP contribution < -0.4 is 10.2 Å². The number of benzene rings is 2. The topological polar surface area (TPSA) is 68.0 Å². The molecule has 0 aliphatic rings. The first-order valence-electron chi connectivity index (χ1n) is 8.45. The molecule has 27 heavy (non-hydrogen) atoms. The first kappa shape index (κ1) is 17.1. The van der Waals surface area contributed by atoms with Gasteiger partial charge in [0.05, 0.1) is 19.2 Å². The van der Waals surface area contributed by atoms with Crippen molar-refractivity contribution in [2.24, 2.45) is 0 Å². The number of nitrogens with one attached hydrogen (secondary N) is 2. The van der Waals surface area contributed by atoms with Crippen LogP contribution in [-0.4, -0.2) is 22.0 Å². The van der Waals surface area contributed by atoms with Crippen LogP contribution in [-0.2, 0) is 6.54 Å². The Morgan fingerprint density at radius 3 is 2.67 bits per heavy atom. The highest BCUT2D eigenvalue weighted by molar-refractivity contribution is 7.71. The van der Waals surface area contributed by atoms with Gasteiger partial charge in [0.25, 0.3) is 0 Å². The van der Waals surface area contributed by atoms with Crippen molar-refractivity contribution in [2.45, 2.75) is 6.54 Å². The van der Waals surface area contributed by atoms with Crippen molar-refractivity contribution in [1.82, 2.24) is 14.9 Å². The van der Waals surface area contributed by atoms with E-state index in [2.05, 4.69) is 15.6 Å². The predicted octanol–water partition coefficient (Wildman–Crippen LogP) is 4.62. The Morgan fingerprint density at radius 2 is 1.85 bits per heavy atom. The van der Waals surface area contributed by atoms with E-state index in [9.17, 15) is 0 Å². The van der Waals surface area contributed by atoms with E-state index in [-0.39, 0.29) is 0 Å². The van der Waals surface area contributed by atoms with Gasteiger partial charge in [-0.05, 0) is 36.5 Å². The van der Waals surface area contributed by atoms with Gasteiger partial charge in [-0.15, -0.1) is 0 Å². The van der Waals surface area contributed by atoms with E-state index < -0.39 is 0 Å². The first-order valence-corrected chi connectivity index (χ1v) is 8.86. The minimum atomic E-state index is 0.461. The van der Waals surface area contributed by atoms with E-state index in [1.54, 1.807) is 11.8 Å². The highest BCUT2D eigenvalue weighted by Crippen LogP contribution is 2.28. The Hall–Kier alpha value is -3.32. The maximum atomic E-state index is 5.93. The summed E-state index contributed by atoms with van der Waals surface area (Å²) in [5.41, 5.74) is 5.14. The zero-order valence-corrected chi connectivity index (χ0v) is 15.5. The molecule has 0 saturated heterocycles. The lowest BCUT2D eigenvalue weighted by atomic mass is 10.2. The molecule has 0 atom stereocenters. The van der Waals surface area contributed by atoms with Gasteiger partial charge in [-0.25, -0.2) is 9.77 Å². The third-order valence-electron chi connectivity index (χ3n) is 4.15. The molecule has 2 aromatic heterocycles. The van der Waals surface area contributed by atoms with Crippen molar-refractivity contribution in [2.75, 3.05) is 12.5 Å². The van der Waals surface area contributed by atoms with E-state index in [0.717, 1.165) is 28.4 Å². The number of furan rings is 1. The molecular weight excluding hydrogens is 360 g/mol. The van der Waals surface area contributed by atoms with E-state index >= 15 is 0 Å². The highest BCUT2D eigenvalue weighted by Gasteiger charge is 2.14. The van der Waals surface area contributed by atoms with Crippen LogP contribution in [0.15, 0.2) is 71.1 Å². The Labute approximate surface area is 161 Å². The molecule has 136 valence electrons. The molecular formula is C20H18N4O2S. The van der Waals surface area contributed by atoms with Gasteiger partial charge >= 0.3 is 0 Å². The molecule has 2 heterocycles. The third kappa shape index (κ3) is 3.50. The average molecular weight is 378 g/mol. The van der Waals surface area contributed by atoms with Gasteiger partial charge in [-0.1, -0.05) is 42.5 Å². The minimum absolute atomic E-state index is 0.461. The number of hydrogen-bond acceptors (Lipinski definition) is 5. The van der Waals surface area contributed by atoms with Crippen LogP contribution in [0.3, 0.4) is 0 Å². The molecule has 4 rings (SSSR count). The normalized spacial score (nSPS) is 10.7. The zero-order chi connectivity index (χ0) is 18.6. The summed E-state index contributed by atoms with van der Waals surface area (Å²) in [6.07, 6.45) is 0. The van der Waals surface area contributed by atoms with Crippen LogP contribution >= 0.6 is 12.2 Å². The van der Waals surface area contributed by atoms with Crippen LogP contribution in [0.1, 0.15) is 5.76 Å². The summed E-state index contributed by atoms with van der Waals surface area (Å²) in [6, 6.07) is 21.6. The number of methoxy groups -OCH3 is 1. The molecule has 4 aromatic rings. The Bertz CT molecular complexity index is 1100. The predicted molar refractivity (Wildman–Crippen MR) is 107 cm³/mol. The fourth-order valence-electron chi connectivity index (χ4n) is 2.84. The summed E-state index contributed by atoms with van der Waals surface area (Å²) in [5.74, 6) is 2.99. The Kier molecular flexibility index (Phi) is 4.76. The lowest BCUT2D eigenvalue weighted by Gasteiger charge is -2.11. The number of aromatic amines is 1. The maximum absolute atomic E-state index is 5.93. The van der Waals surface area contributed by atoms with Gasteiger partial charge in [0.2, 0.25) is 4.77 Å². The molecule has 2 aromatic carbocycles. The summed E-state index contributed by atoms with van der Waals surface area (Å²) in [4.78, 5) is 0. The average Bonchev–Trinajstić information content (AvgIpc) is 3.34. The van der Waals surface area contributed by atoms with Crippen LogP contribution in [0.4, 0.5) is 0 Å². The van der Waals surface area contributed by atoms with Gasteiger partial charge in [0.1, 0.15) is 17.3 Å². The summed E-state index contributed by atoms with van der Waals surface area (Å²) in [7, 11) is 1.63. The second-order valence-electron chi connectivity index (χ2n) is 5.85. The molecule has 0 amide bonds. The number of hydrogen-bond donors (Lipinski definition) is 2. The van der Waals surface area contributed by atoms with E-state index in [1.165, 1.54) is 0 Å². The summed E-state index contributed by atoms with van der Waals surface area (Å²) < 4.78 is 13.5. The van der Waals surface area contributed by atoms with Crippen molar-refractivity contribution in [3.63, 3.8) is 0 Å². The van der Waals surface area contributed by atoms with E-state index in [4.69, 9.17) is 21.4 Å². The zero-order valence-electron chi connectivity index (χ0n) is 14.7. The second-order valence-corrected chi connectivity index (χ2v) is 6.24.